The molecule has 4 heterocycles. The van der Waals surface area contributed by atoms with E-state index in [2.05, 4.69) is 60.9 Å². The van der Waals surface area contributed by atoms with Crippen LogP contribution in [0.3, 0.4) is 0 Å². The van der Waals surface area contributed by atoms with Crippen LogP contribution in [0, 0.1) is 29.6 Å². The molecule has 2 aromatic rings. The molecule has 1 saturated heterocycles. The van der Waals surface area contributed by atoms with Crippen molar-refractivity contribution in [1.29, 1.82) is 0 Å². The molecule has 0 aromatic heterocycles. The van der Waals surface area contributed by atoms with Gasteiger partial charge in [0.1, 0.15) is 0 Å². The van der Waals surface area contributed by atoms with Crippen molar-refractivity contribution in [2.75, 3.05) is 61.3 Å². The quantitative estimate of drug-likeness (QED) is 0.218. The molecule has 10 nitrogen and oxygen atoms in total. The average molecular weight is 735 g/mol. The van der Waals surface area contributed by atoms with Crippen LogP contribution >= 0.6 is 0 Å². The Hall–Kier alpha value is -3.47. The highest BCUT2D eigenvalue weighted by Crippen LogP contribution is 2.50. The number of allylic oxidation sites excluding steroid dienone is 1. The molecule has 53 heavy (non-hydrogen) atoms. The Bertz CT molecular complexity index is 1610. The molecule has 7 unspecified atom stereocenters. The number of amides is 1. The molecule has 4 aliphatic rings. The highest BCUT2D eigenvalue weighted by atomic mass is 16.7. The van der Waals surface area contributed by atoms with Crippen LogP contribution in [-0.4, -0.2) is 88.4 Å². The lowest BCUT2D eigenvalue weighted by molar-refractivity contribution is -0.179. The summed E-state index contributed by atoms with van der Waals surface area (Å²) in [5.74, 6) is 4.48. The minimum Gasteiger partial charge on any atom is -0.493 e. The first kappa shape index (κ1) is 39.2. The molecule has 1 N–H and O–H groups in total. The number of aliphatic hydroxyl groups excluding tert-OH is 1. The molecule has 1 fully saturated rings. The maximum absolute atomic E-state index is 15.0. The Morgan fingerprint density at radius 1 is 0.887 bits per heavy atom. The number of benzene rings is 2. The van der Waals surface area contributed by atoms with Gasteiger partial charge in [0.05, 0.1) is 34.5 Å². The summed E-state index contributed by atoms with van der Waals surface area (Å²) in [6, 6.07) is 8.64. The van der Waals surface area contributed by atoms with Gasteiger partial charge in [-0.2, -0.15) is 0 Å². The summed E-state index contributed by atoms with van der Waals surface area (Å²) >= 11 is 0. The molecule has 0 aliphatic carbocycles. The number of nitrogens with zero attached hydrogens (tertiary/aromatic N) is 2. The van der Waals surface area contributed by atoms with Gasteiger partial charge in [-0.05, 0) is 122 Å². The largest absolute Gasteiger partial charge is 0.493 e. The number of carbonyl (C=O) groups is 1. The van der Waals surface area contributed by atoms with Gasteiger partial charge in [0.2, 0.25) is 6.29 Å². The summed E-state index contributed by atoms with van der Waals surface area (Å²) < 4.78 is 35.7. The highest BCUT2D eigenvalue weighted by molar-refractivity contribution is 5.92. The van der Waals surface area contributed by atoms with Crippen molar-refractivity contribution in [2.24, 2.45) is 29.6 Å². The summed E-state index contributed by atoms with van der Waals surface area (Å²) in [6.45, 7) is 11.9. The van der Waals surface area contributed by atoms with Crippen LogP contribution in [0.25, 0.3) is 0 Å². The Morgan fingerprint density at radius 2 is 1.51 bits per heavy atom. The lowest BCUT2D eigenvalue weighted by atomic mass is 9.72. The molecule has 4 aliphatic heterocycles. The lowest BCUT2D eigenvalue weighted by Gasteiger charge is -2.49. The second-order valence-corrected chi connectivity index (χ2v) is 15.6. The van der Waals surface area contributed by atoms with E-state index in [0.717, 1.165) is 62.3 Å². The summed E-state index contributed by atoms with van der Waals surface area (Å²) in [4.78, 5) is 19.7. The Labute approximate surface area is 316 Å². The predicted octanol–water partition coefficient (Wildman–Crippen LogP) is 7.12. The van der Waals surface area contributed by atoms with E-state index in [4.69, 9.17) is 28.4 Å². The summed E-state index contributed by atoms with van der Waals surface area (Å²) in [7, 11) is 6.75. The molecule has 6 rings (SSSR count). The van der Waals surface area contributed by atoms with E-state index in [1.54, 1.807) is 28.4 Å². The fourth-order valence-corrected chi connectivity index (χ4v) is 9.73. The zero-order valence-electron chi connectivity index (χ0n) is 33.2. The molecule has 0 saturated carbocycles. The fraction of sp³-hybridized carbons (Fsp3) is 0.651. The first-order valence-corrected chi connectivity index (χ1v) is 19.8. The first-order valence-electron chi connectivity index (χ1n) is 19.8. The second kappa shape index (κ2) is 17.3. The minimum absolute atomic E-state index is 0.0562. The van der Waals surface area contributed by atoms with Crippen LogP contribution in [0.1, 0.15) is 94.1 Å². The van der Waals surface area contributed by atoms with Crippen molar-refractivity contribution in [1.82, 2.24) is 9.80 Å². The van der Waals surface area contributed by atoms with Gasteiger partial charge in [-0.3, -0.25) is 9.69 Å². The smallest absolute Gasteiger partial charge is 0.289 e. The van der Waals surface area contributed by atoms with Gasteiger partial charge in [0.25, 0.3) is 5.91 Å². The summed E-state index contributed by atoms with van der Waals surface area (Å²) in [5.41, 5.74) is 4.97. The van der Waals surface area contributed by atoms with Gasteiger partial charge in [-0.25, -0.2) is 0 Å². The number of aliphatic hydroxyl groups is 1. The second-order valence-electron chi connectivity index (χ2n) is 15.6. The van der Waals surface area contributed by atoms with E-state index >= 15 is 0 Å². The number of ether oxygens (including phenoxy) is 6. The van der Waals surface area contributed by atoms with Crippen molar-refractivity contribution >= 4 is 5.91 Å². The van der Waals surface area contributed by atoms with E-state index in [1.807, 2.05) is 6.92 Å². The molecule has 10 heteroatoms. The average Bonchev–Trinajstić information content (AvgIpc) is 3.18. The van der Waals surface area contributed by atoms with Crippen LogP contribution in [0.2, 0.25) is 0 Å². The van der Waals surface area contributed by atoms with Gasteiger partial charge in [-0.15, -0.1) is 0 Å². The summed E-state index contributed by atoms with van der Waals surface area (Å²) in [5, 5.41) is 9.67. The zero-order valence-corrected chi connectivity index (χ0v) is 33.2. The van der Waals surface area contributed by atoms with Gasteiger partial charge in [0, 0.05) is 44.8 Å². The van der Waals surface area contributed by atoms with E-state index in [-0.39, 0.29) is 42.4 Å². The van der Waals surface area contributed by atoms with Crippen LogP contribution in [0.15, 0.2) is 36.1 Å². The van der Waals surface area contributed by atoms with Gasteiger partial charge in [-0.1, -0.05) is 27.2 Å². The minimum atomic E-state index is -0.543. The molecule has 292 valence electrons. The molecule has 0 bridgehead atoms. The van der Waals surface area contributed by atoms with Gasteiger partial charge < -0.3 is 38.4 Å². The van der Waals surface area contributed by atoms with Crippen LogP contribution < -0.4 is 18.9 Å². The number of carbonyl (C=O) groups excluding carboxylic acids is 1. The van der Waals surface area contributed by atoms with Gasteiger partial charge >= 0.3 is 0 Å². The molecule has 2 aromatic carbocycles. The van der Waals surface area contributed by atoms with Crippen LogP contribution in [0.4, 0.5) is 0 Å². The lowest BCUT2D eigenvalue weighted by Crippen LogP contribution is -2.48. The SMILES string of the molecule is CCOC1OC(C(=O)N2CCc3cc(OC)c(OC)cc3C2CC2CC3c4cc(OC)c(OC)cc4CCN3CC2CC)=CC(C(C)C)C1CCCO. The van der Waals surface area contributed by atoms with E-state index < -0.39 is 6.29 Å². The topological polar surface area (TPSA) is 99.2 Å². The Balaban J connectivity index is 1.38. The number of hydrogen-bond acceptors (Lipinski definition) is 9. The normalized spacial score (nSPS) is 26.9. The number of fused-ring (bicyclic) bond motifs is 4. The fourth-order valence-electron chi connectivity index (χ4n) is 9.73. The van der Waals surface area contributed by atoms with Crippen LogP contribution in [0.5, 0.6) is 23.0 Å². The third-order valence-corrected chi connectivity index (χ3v) is 12.5. The van der Waals surface area contributed by atoms with Gasteiger partial charge in [0.15, 0.2) is 28.8 Å². The molecule has 0 radical (unpaired) electrons. The number of hydrogen-bond donors (Lipinski definition) is 1. The molecular weight excluding hydrogens is 672 g/mol. The molecule has 7 atom stereocenters. The maximum Gasteiger partial charge on any atom is 0.289 e. The summed E-state index contributed by atoms with van der Waals surface area (Å²) in [6.07, 6.45) is 7.54. The highest BCUT2D eigenvalue weighted by Gasteiger charge is 2.45. The number of piperidine rings is 1. The molecule has 1 amide bonds. The Kier molecular flexibility index (Phi) is 12.8. The monoisotopic (exact) mass is 734 g/mol. The van der Waals surface area contributed by atoms with E-state index in [0.29, 0.717) is 55.1 Å². The van der Waals surface area contributed by atoms with Crippen molar-refractivity contribution in [3.8, 4) is 23.0 Å². The third kappa shape index (κ3) is 7.87. The number of rotatable bonds is 14. The van der Waals surface area contributed by atoms with Crippen molar-refractivity contribution in [3.05, 3.63) is 58.4 Å². The number of methoxy groups -OCH3 is 4. The van der Waals surface area contributed by atoms with Crippen molar-refractivity contribution in [2.45, 2.75) is 91.0 Å². The zero-order chi connectivity index (χ0) is 37.8. The standard InChI is InChI=1S/C43H62N2O8/c1-9-27-25-44-15-13-28-20-37(48-5)39(50-7)23-33(28)35(44)18-30(27)19-36-34-24-40(51-8)38(49-6)21-29(34)14-16-45(36)42(47)41-22-32(26(3)4)31(12-11-17-46)43(53-41)52-10-2/h20-24,26-27,30-32,35-36,43,46H,9-19,25H2,1-8H3. The molecular formula is C43H62N2O8. The van der Waals surface area contributed by atoms with E-state index in [1.165, 1.54) is 16.7 Å². The van der Waals surface area contributed by atoms with Crippen molar-refractivity contribution in [3.63, 3.8) is 0 Å². The van der Waals surface area contributed by atoms with Crippen molar-refractivity contribution < 1.29 is 38.3 Å². The van der Waals surface area contributed by atoms with E-state index in [9.17, 15) is 9.90 Å². The maximum atomic E-state index is 15.0. The Morgan fingerprint density at radius 3 is 2.11 bits per heavy atom. The predicted molar refractivity (Wildman–Crippen MR) is 204 cm³/mol. The van der Waals surface area contributed by atoms with Crippen LogP contribution in [-0.2, 0) is 27.1 Å². The molecule has 0 spiro atoms. The third-order valence-electron chi connectivity index (χ3n) is 12.5. The first-order chi connectivity index (χ1) is 25.7.